The van der Waals surface area contributed by atoms with E-state index in [4.69, 9.17) is 37.9 Å². The Kier molecular flexibility index (Phi) is 16.8. The predicted molar refractivity (Wildman–Crippen MR) is 263 cm³/mol. The molecule has 19 nitrogen and oxygen atoms in total. The fourth-order valence-electron chi connectivity index (χ4n) is 11.4. The molecule has 0 spiro atoms. The van der Waals surface area contributed by atoms with E-state index in [0.29, 0.717) is 5.56 Å². The summed E-state index contributed by atoms with van der Waals surface area (Å²) in [5, 5.41) is 26.3. The SMILES string of the molecule is C=CCOC(=O)O[C@@H](C(=O)O[C@H]1C[C@@]2(O)[C@@H](OC(=O)c3ccccc3)C3[C@]4(OC(C)=O)COC4C[C@H](OCCCCC(=O)O)[C@@]3(C)C(=O)C(OC(C)=O)C(=C1C)C2(C)C)[C@@H](NC(=O)c1ccccc1)c1ccccc1. The summed E-state index contributed by atoms with van der Waals surface area (Å²) < 4.78 is 48.8. The van der Waals surface area contributed by atoms with E-state index in [9.17, 15) is 39.0 Å². The quantitative estimate of drug-likeness (QED) is 0.0510. The normalized spacial score (nSPS) is 28.1. The van der Waals surface area contributed by atoms with Crippen LogP contribution in [0.15, 0.2) is 115 Å². The molecule has 2 bridgehead atoms. The Morgan fingerprint density at radius 2 is 1.48 bits per heavy atom. The molecule has 4 aliphatic rings. The van der Waals surface area contributed by atoms with Crippen LogP contribution in [-0.4, -0.2) is 126 Å². The molecule has 3 fully saturated rings. The number of amides is 1. The molecule has 3 aliphatic carbocycles. The minimum atomic E-state index is -2.49. The van der Waals surface area contributed by atoms with Crippen molar-refractivity contribution in [1.82, 2.24) is 5.32 Å². The van der Waals surface area contributed by atoms with Crippen molar-refractivity contribution in [2.75, 3.05) is 19.8 Å². The van der Waals surface area contributed by atoms with Gasteiger partial charge in [-0.05, 0) is 67.7 Å². The summed E-state index contributed by atoms with van der Waals surface area (Å²) in [5.41, 5.74) is -7.46. The highest BCUT2D eigenvalue weighted by Gasteiger charge is 2.78. The summed E-state index contributed by atoms with van der Waals surface area (Å²) in [7, 11) is 0. The largest absolute Gasteiger partial charge is 0.509 e. The summed E-state index contributed by atoms with van der Waals surface area (Å²) in [4.78, 5) is 112. The number of fused-ring (bicyclic) bond motifs is 5. The van der Waals surface area contributed by atoms with Crippen molar-refractivity contribution in [1.29, 1.82) is 0 Å². The standard InChI is InChI=1S/C56H63NO18/c1-8-27-69-52(66)73-45(43(35-20-12-9-13-21-35)57-49(63)36-22-14-10-15-23-36)51(65)72-38-30-56(67)48(74-50(64)37-24-16-11-17-25-37)46-54(7,47(62)44(71-33(3)58)42(32(38)2)53(56,5)6)39(68-28-19-18-26-41(60)61)29-40-55(46,31-70-40)75-34(4)59/h8-17,20-25,38-40,43-46,48,67H,1,18-19,26-31H2,2-7H3,(H,57,63)(H,60,61)/t38-,39-,40?,43-,44?,45+,46?,48-,54+,55-,56+/m0/s1. The van der Waals surface area contributed by atoms with Gasteiger partial charge in [-0.25, -0.2) is 14.4 Å². The number of aliphatic carboxylic acids is 1. The van der Waals surface area contributed by atoms with Gasteiger partial charge in [0.05, 0.1) is 29.6 Å². The molecule has 3 N–H and O–H groups in total. The van der Waals surface area contributed by atoms with Crippen LogP contribution in [0.2, 0.25) is 0 Å². The molecule has 3 aromatic rings. The van der Waals surface area contributed by atoms with Gasteiger partial charge < -0.3 is 53.4 Å². The van der Waals surface area contributed by atoms with Crippen LogP contribution < -0.4 is 5.32 Å². The second-order valence-corrected chi connectivity index (χ2v) is 20.0. The number of nitrogens with one attached hydrogen (secondary N) is 1. The van der Waals surface area contributed by atoms with E-state index in [2.05, 4.69) is 11.9 Å². The third kappa shape index (κ3) is 11.0. The molecule has 75 heavy (non-hydrogen) atoms. The number of Topliss-reactive ketones (excluding diaryl/α,β-unsaturated/α-hetero) is 1. The average Bonchev–Trinajstić information content (AvgIpc) is 3.37. The van der Waals surface area contributed by atoms with Crippen molar-refractivity contribution in [3.05, 3.63) is 131 Å². The molecule has 2 saturated carbocycles. The molecule has 1 heterocycles. The van der Waals surface area contributed by atoms with E-state index in [1.165, 1.54) is 44.2 Å². The van der Waals surface area contributed by atoms with E-state index >= 15 is 9.59 Å². The van der Waals surface area contributed by atoms with Crippen LogP contribution in [0.5, 0.6) is 0 Å². The van der Waals surface area contributed by atoms with E-state index in [0.717, 1.165) is 13.8 Å². The third-order valence-electron chi connectivity index (χ3n) is 15.1. The molecule has 19 heteroatoms. The Bertz CT molecular complexity index is 2690. The predicted octanol–water partition coefficient (Wildman–Crippen LogP) is 6.36. The maximum Gasteiger partial charge on any atom is 0.509 e. The summed E-state index contributed by atoms with van der Waals surface area (Å²) >= 11 is 0. The topological polar surface area (TPSA) is 263 Å². The lowest BCUT2D eigenvalue weighted by atomic mass is 9.44. The van der Waals surface area contributed by atoms with Crippen molar-refractivity contribution in [2.24, 2.45) is 16.7 Å². The van der Waals surface area contributed by atoms with Gasteiger partial charge in [0.1, 0.15) is 36.6 Å². The summed E-state index contributed by atoms with van der Waals surface area (Å²) in [6, 6.07) is 22.5. The lowest BCUT2D eigenvalue weighted by molar-refractivity contribution is -0.348. The summed E-state index contributed by atoms with van der Waals surface area (Å²) in [6.45, 7) is 11.2. The van der Waals surface area contributed by atoms with Gasteiger partial charge in [0.25, 0.3) is 5.91 Å². The van der Waals surface area contributed by atoms with E-state index < -0.39 is 125 Å². The first kappa shape index (κ1) is 55.5. The maximum absolute atomic E-state index is 16.2. The van der Waals surface area contributed by atoms with Gasteiger partial charge in [-0.15, -0.1) is 0 Å². The number of carboxylic acids is 1. The number of carbonyl (C=O) groups is 8. The highest BCUT2D eigenvalue weighted by atomic mass is 16.7. The molecule has 11 atom stereocenters. The first-order valence-electron chi connectivity index (χ1n) is 24.7. The number of esters is 4. The Morgan fingerprint density at radius 1 is 0.853 bits per heavy atom. The number of carbonyl (C=O) groups excluding carboxylic acids is 7. The van der Waals surface area contributed by atoms with Gasteiger partial charge in [0, 0.05) is 50.7 Å². The summed E-state index contributed by atoms with van der Waals surface area (Å²) in [6.07, 6.45) is -10.1. The number of aliphatic hydroxyl groups is 1. The van der Waals surface area contributed by atoms with Gasteiger partial charge in [-0.2, -0.15) is 0 Å². The van der Waals surface area contributed by atoms with Crippen molar-refractivity contribution in [3.8, 4) is 0 Å². The number of benzene rings is 3. The monoisotopic (exact) mass is 1040 g/mol. The van der Waals surface area contributed by atoms with Crippen LogP contribution in [0.4, 0.5) is 4.79 Å². The number of rotatable bonds is 19. The highest BCUT2D eigenvalue weighted by Crippen LogP contribution is 2.65. The fraction of sp³-hybridized carbons (Fsp3) is 0.464. The maximum atomic E-state index is 16.2. The fourth-order valence-corrected chi connectivity index (χ4v) is 11.4. The number of ketones is 1. The number of carboxylic acid groups (broad SMARTS) is 1. The zero-order valence-corrected chi connectivity index (χ0v) is 42.6. The van der Waals surface area contributed by atoms with E-state index in [-0.39, 0.29) is 67.8 Å². The van der Waals surface area contributed by atoms with Gasteiger partial charge in [-0.3, -0.25) is 24.0 Å². The molecule has 400 valence electrons. The number of ether oxygens (including phenoxy) is 8. The number of hydrogen-bond donors (Lipinski definition) is 3. The van der Waals surface area contributed by atoms with Crippen LogP contribution in [-0.2, 0) is 61.9 Å². The first-order valence-corrected chi connectivity index (χ1v) is 24.7. The van der Waals surface area contributed by atoms with Crippen LogP contribution in [0.3, 0.4) is 0 Å². The minimum absolute atomic E-state index is 0.0374. The van der Waals surface area contributed by atoms with Crippen LogP contribution >= 0.6 is 0 Å². The number of unbranched alkanes of at least 4 members (excludes halogenated alkanes) is 1. The lowest BCUT2D eigenvalue weighted by Crippen LogP contribution is -2.82. The van der Waals surface area contributed by atoms with Crippen molar-refractivity contribution < 1.29 is 86.5 Å². The molecule has 0 aromatic heterocycles. The lowest BCUT2D eigenvalue weighted by Gasteiger charge is -2.67. The highest BCUT2D eigenvalue weighted by molar-refractivity contribution is 5.96. The van der Waals surface area contributed by atoms with E-state index in [1.807, 2.05) is 0 Å². The Balaban J connectivity index is 1.43. The van der Waals surface area contributed by atoms with Gasteiger partial charge in [-0.1, -0.05) is 93.2 Å². The third-order valence-corrected chi connectivity index (χ3v) is 15.1. The zero-order chi connectivity index (χ0) is 54.5. The summed E-state index contributed by atoms with van der Waals surface area (Å²) in [5.74, 6) is -8.03. The molecule has 1 saturated heterocycles. The zero-order valence-electron chi connectivity index (χ0n) is 42.6. The molecule has 7 rings (SSSR count). The molecular weight excluding hydrogens is 975 g/mol. The Morgan fingerprint density at radius 3 is 2.05 bits per heavy atom. The van der Waals surface area contributed by atoms with E-state index in [1.54, 1.807) is 80.6 Å². The van der Waals surface area contributed by atoms with Crippen LogP contribution in [0.25, 0.3) is 0 Å². The molecule has 1 amide bonds. The van der Waals surface area contributed by atoms with Crippen molar-refractivity contribution >= 4 is 47.7 Å². The molecule has 3 aromatic carbocycles. The molecule has 3 unspecified atom stereocenters. The van der Waals surface area contributed by atoms with Crippen molar-refractivity contribution in [2.45, 2.75) is 128 Å². The Hall–Kier alpha value is -7.22. The Labute approximate surface area is 433 Å². The molecular formula is C56H63NO18. The van der Waals surface area contributed by atoms with Gasteiger partial charge >= 0.3 is 36.0 Å². The second kappa shape index (κ2) is 22.7. The van der Waals surface area contributed by atoms with Crippen molar-refractivity contribution in [3.63, 3.8) is 0 Å². The molecule has 0 radical (unpaired) electrons. The number of hydrogen-bond acceptors (Lipinski definition) is 17. The van der Waals surface area contributed by atoms with Gasteiger partial charge in [0.2, 0.25) is 6.10 Å². The van der Waals surface area contributed by atoms with Crippen LogP contribution in [0, 0.1) is 16.7 Å². The molecule has 1 aliphatic heterocycles. The van der Waals surface area contributed by atoms with Gasteiger partial charge in [0.15, 0.2) is 17.5 Å². The smallest absolute Gasteiger partial charge is 0.481 e. The minimum Gasteiger partial charge on any atom is -0.481 e. The van der Waals surface area contributed by atoms with Crippen LogP contribution in [0.1, 0.15) is 106 Å². The second-order valence-electron chi connectivity index (χ2n) is 20.0. The average molecular weight is 1040 g/mol. The first-order chi connectivity index (χ1) is 35.6.